The van der Waals surface area contributed by atoms with Gasteiger partial charge in [0.15, 0.2) is 5.84 Å². The first kappa shape index (κ1) is 27.2. The first-order chi connectivity index (χ1) is 18.2. The molecule has 6 N–H and O–H groups in total. The van der Waals surface area contributed by atoms with Gasteiger partial charge in [-0.15, -0.1) is 0 Å². The van der Waals surface area contributed by atoms with Crippen LogP contribution in [-0.4, -0.2) is 23.6 Å². The van der Waals surface area contributed by atoms with E-state index in [1.807, 2.05) is 24.3 Å². The molecule has 1 aliphatic carbocycles. The van der Waals surface area contributed by atoms with Gasteiger partial charge >= 0.3 is 6.18 Å². The summed E-state index contributed by atoms with van der Waals surface area (Å²) in [6.07, 6.45) is -1.92. The number of rotatable bonds is 10. The summed E-state index contributed by atoms with van der Waals surface area (Å²) in [6.45, 7) is 0.163. The van der Waals surface area contributed by atoms with Gasteiger partial charge in [0, 0.05) is 23.6 Å². The van der Waals surface area contributed by atoms with E-state index in [0.29, 0.717) is 29.9 Å². The van der Waals surface area contributed by atoms with Crippen LogP contribution in [0.4, 0.5) is 17.6 Å². The number of hydrazine groups is 1. The number of hydrogen-bond donors (Lipinski definition) is 4. The first-order valence-electron chi connectivity index (χ1n) is 12.3. The molecule has 1 fully saturated rings. The van der Waals surface area contributed by atoms with E-state index in [0.717, 1.165) is 12.8 Å². The lowest BCUT2D eigenvalue weighted by Crippen LogP contribution is -2.36. The maximum absolute atomic E-state index is 15.1. The van der Waals surface area contributed by atoms with Gasteiger partial charge in [0.25, 0.3) is 5.56 Å². The second-order valence-corrected chi connectivity index (χ2v) is 9.24. The van der Waals surface area contributed by atoms with E-state index in [1.54, 1.807) is 12.1 Å². The van der Waals surface area contributed by atoms with Gasteiger partial charge in [-0.05, 0) is 67.3 Å². The molecule has 0 atom stereocenters. The molecule has 1 saturated carbocycles. The SMILES string of the molecule is N/N=C(\NN)c1c(-c2ccc(C3CC3)cc2)cc(-c2ccc(OCCCCCC(F)(F)F)cc2F)[nH]c1=O. The summed E-state index contributed by atoms with van der Waals surface area (Å²) < 4.78 is 57.3. The molecule has 0 spiro atoms. The van der Waals surface area contributed by atoms with Crippen LogP contribution in [0, 0.1) is 5.82 Å². The summed E-state index contributed by atoms with van der Waals surface area (Å²) in [5, 5.41) is 3.58. The largest absolute Gasteiger partial charge is 0.493 e. The smallest absolute Gasteiger partial charge is 0.389 e. The third-order valence-electron chi connectivity index (χ3n) is 6.41. The molecule has 0 saturated heterocycles. The molecule has 1 aliphatic rings. The van der Waals surface area contributed by atoms with Crippen molar-refractivity contribution in [2.75, 3.05) is 6.61 Å². The first-order valence-corrected chi connectivity index (χ1v) is 12.3. The van der Waals surface area contributed by atoms with Gasteiger partial charge in [0.2, 0.25) is 0 Å². The number of nitrogens with one attached hydrogen (secondary N) is 2. The molecule has 3 aromatic rings. The van der Waals surface area contributed by atoms with Crippen LogP contribution >= 0.6 is 0 Å². The highest BCUT2D eigenvalue weighted by molar-refractivity contribution is 6.04. The number of aromatic amines is 1. The second kappa shape index (κ2) is 11.7. The number of nitrogens with zero attached hydrogens (tertiary/aromatic N) is 1. The molecule has 0 amide bonds. The Morgan fingerprint density at radius 2 is 1.79 bits per heavy atom. The van der Waals surface area contributed by atoms with Gasteiger partial charge < -0.3 is 21.0 Å². The van der Waals surface area contributed by atoms with Crippen LogP contribution < -0.4 is 27.4 Å². The molecular formula is C27H29F4N5O2. The number of pyridine rings is 1. The normalized spacial score (nSPS) is 14.0. The van der Waals surface area contributed by atoms with Crippen molar-refractivity contribution in [2.45, 2.75) is 50.6 Å². The van der Waals surface area contributed by atoms with Crippen molar-refractivity contribution in [3.63, 3.8) is 0 Å². The molecule has 2 aromatic carbocycles. The summed E-state index contributed by atoms with van der Waals surface area (Å²) in [4.78, 5) is 15.8. The minimum absolute atomic E-state index is 0.0193. The molecule has 4 rings (SSSR count). The number of alkyl halides is 3. The number of benzene rings is 2. The highest BCUT2D eigenvalue weighted by Crippen LogP contribution is 2.40. The molecule has 7 nitrogen and oxygen atoms in total. The number of H-pyrrole nitrogens is 1. The fourth-order valence-electron chi connectivity index (χ4n) is 4.29. The van der Waals surface area contributed by atoms with E-state index < -0.39 is 24.0 Å². The van der Waals surface area contributed by atoms with Crippen molar-refractivity contribution in [1.82, 2.24) is 10.4 Å². The molecule has 0 radical (unpaired) electrons. The van der Waals surface area contributed by atoms with Crippen molar-refractivity contribution in [2.24, 2.45) is 16.8 Å². The molecule has 38 heavy (non-hydrogen) atoms. The van der Waals surface area contributed by atoms with E-state index >= 15 is 4.39 Å². The van der Waals surface area contributed by atoms with Crippen LogP contribution in [0.2, 0.25) is 0 Å². The van der Waals surface area contributed by atoms with Crippen LogP contribution in [0.3, 0.4) is 0 Å². The summed E-state index contributed by atoms with van der Waals surface area (Å²) in [6, 6.07) is 13.6. The zero-order valence-electron chi connectivity index (χ0n) is 20.6. The second-order valence-electron chi connectivity index (χ2n) is 9.24. The Hall–Kier alpha value is -3.86. The number of hydrazone groups is 1. The molecule has 11 heteroatoms. The molecule has 0 aliphatic heterocycles. The van der Waals surface area contributed by atoms with Gasteiger partial charge in [-0.2, -0.15) is 18.3 Å². The fraction of sp³-hybridized carbons (Fsp3) is 0.333. The lowest BCUT2D eigenvalue weighted by molar-refractivity contribution is -0.135. The molecule has 1 heterocycles. The van der Waals surface area contributed by atoms with E-state index in [9.17, 15) is 18.0 Å². The van der Waals surface area contributed by atoms with Crippen molar-refractivity contribution >= 4 is 5.84 Å². The molecule has 202 valence electrons. The minimum Gasteiger partial charge on any atom is -0.493 e. The Kier molecular flexibility index (Phi) is 8.35. The number of nitrogens with two attached hydrogens (primary N) is 2. The van der Waals surface area contributed by atoms with E-state index in [1.165, 1.54) is 17.7 Å². The molecule has 0 bridgehead atoms. The summed E-state index contributed by atoms with van der Waals surface area (Å²) >= 11 is 0. The lowest BCUT2D eigenvalue weighted by Gasteiger charge is -2.14. The van der Waals surface area contributed by atoms with Crippen molar-refractivity contribution in [3.05, 3.63) is 75.8 Å². The average molecular weight is 532 g/mol. The average Bonchev–Trinajstić information content (AvgIpc) is 3.73. The Morgan fingerprint density at radius 3 is 2.39 bits per heavy atom. The highest BCUT2D eigenvalue weighted by atomic mass is 19.4. The van der Waals surface area contributed by atoms with Gasteiger partial charge in [0.1, 0.15) is 11.6 Å². The molecular weight excluding hydrogens is 502 g/mol. The van der Waals surface area contributed by atoms with E-state index in [-0.39, 0.29) is 41.4 Å². The van der Waals surface area contributed by atoms with Crippen LogP contribution in [-0.2, 0) is 0 Å². The summed E-state index contributed by atoms with van der Waals surface area (Å²) in [5.41, 5.74) is 4.63. The Balaban J connectivity index is 1.57. The number of hydrogen-bond acceptors (Lipinski definition) is 5. The summed E-state index contributed by atoms with van der Waals surface area (Å²) in [5.74, 6) is 11.1. The quantitative estimate of drug-likeness (QED) is 0.0706. The topological polar surface area (TPSA) is 119 Å². The predicted molar refractivity (Wildman–Crippen MR) is 138 cm³/mol. The zero-order valence-corrected chi connectivity index (χ0v) is 20.6. The van der Waals surface area contributed by atoms with Crippen molar-refractivity contribution < 1.29 is 22.3 Å². The van der Waals surface area contributed by atoms with Gasteiger partial charge in [0.05, 0.1) is 17.9 Å². The van der Waals surface area contributed by atoms with Crippen LogP contribution in [0.1, 0.15) is 55.6 Å². The van der Waals surface area contributed by atoms with Crippen molar-refractivity contribution in [1.29, 1.82) is 0 Å². The van der Waals surface area contributed by atoms with Crippen LogP contribution in [0.25, 0.3) is 22.4 Å². The zero-order chi connectivity index (χ0) is 27.3. The number of unbranched alkanes of at least 4 members (excludes halogenated alkanes) is 2. The van der Waals surface area contributed by atoms with Crippen molar-refractivity contribution in [3.8, 4) is 28.1 Å². The minimum atomic E-state index is -4.17. The van der Waals surface area contributed by atoms with Gasteiger partial charge in [-0.3, -0.25) is 4.79 Å². The molecule has 1 aromatic heterocycles. The van der Waals surface area contributed by atoms with Gasteiger partial charge in [-0.25, -0.2) is 10.2 Å². The number of halogens is 4. The number of ether oxygens (including phenoxy) is 1. The van der Waals surface area contributed by atoms with Gasteiger partial charge in [-0.1, -0.05) is 24.3 Å². The lowest BCUT2D eigenvalue weighted by atomic mass is 9.96. The monoisotopic (exact) mass is 531 g/mol. The van der Waals surface area contributed by atoms with Crippen LogP contribution in [0.15, 0.2) is 58.4 Å². The standard InChI is InChI=1S/C27H29F4N5O2/c28-22-14-19(38-13-3-1-2-12-27(29,30)31)10-11-20(22)23-15-21(24(26(37)34-23)25(35-32)36-33)18-8-6-17(7-9-18)16-4-5-16/h6-11,14-16H,1-5,12-13,32-33H2,(H,34,37)(H,35,36). The Labute approximate surface area is 216 Å². The fourth-order valence-corrected chi connectivity index (χ4v) is 4.29. The third kappa shape index (κ3) is 6.71. The summed E-state index contributed by atoms with van der Waals surface area (Å²) in [7, 11) is 0. The molecule has 0 unspecified atom stereocenters. The predicted octanol–water partition coefficient (Wildman–Crippen LogP) is 5.31. The highest BCUT2D eigenvalue weighted by Gasteiger charge is 2.26. The third-order valence-corrected chi connectivity index (χ3v) is 6.41. The number of aromatic nitrogens is 1. The van der Waals surface area contributed by atoms with Crippen LogP contribution in [0.5, 0.6) is 5.75 Å². The Bertz CT molecular complexity index is 1350. The Morgan fingerprint density at radius 1 is 1.05 bits per heavy atom. The van der Waals surface area contributed by atoms with E-state index in [2.05, 4.69) is 15.5 Å². The number of amidine groups is 1. The maximum atomic E-state index is 15.1. The maximum Gasteiger partial charge on any atom is 0.389 e. The van der Waals surface area contributed by atoms with E-state index in [4.69, 9.17) is 16.4 Å².